The van der Waals surface area contributed by atoms with Crippen LogP contribution in [0.2, 0.25) is 0 Å². The number of nitrogens with zero attached hydrogens (tertiary/aromatic N) is 15. The van der Waals surface area contributed by atoms with Crippen molar-refractivity contribution in [3.05, 3.63) is 117 Å². The van der Waals surface area contributed by atoms with E-state index >= 15 is 0 Å². The van der Waals surface area contributed by atoms with Crippen LogP contribution in [0, 0.1) is 0 Å². The Bertz CT molecular complexity index is 5220. The van der Waals surface area contributed by atoms with Crippen molar-refractivity contribution in [3.8, 4) is 0 Å². The van der Waals surface area contributed by atoms with Crippen molar-refractivity contribution in [1.29, 1.82) is 0 Å². The second-order valence-corrected chi connectivity index (χ2v) is 29.2. The zero-order chi connectivity index (χ0) is 75.1. The number of aromatic nitrogens is 18. The van der Waals surface area contributed by atoms with Gasteiger partial charge in [-0.15, -0.1) is 0 Å². The molecule has 0 aliphatic rings. The van der Waals surface area contributed by atoms with Crippen molar-refractivity contribution in [2.24, 2.45) is 0 Å². The molecule has 0 saturated heterocycles. The zero-order valence-electron chi connectivity index (χ0n) is 52.1. The molecule has 0 spiro atoms. The number of hydrogen-bond donors (Lipinski definition) is 16. The summed E-state index contributed by atoms with van der Waals surface area (Å²) in [4.78, 5) is 173. The monoisotopic (exact) mass is 1620 g/mol. The van der Waals surface area contributed by atoms with E-state index in [9.17, 15) is 86.3 Å². The van der Waals surface area contributed by atoms with Crippen LogP contribution in [-0.4, -0.2) is 198 Å². The van der Waals surface area contributed by atoms with Gasteiger partial charge in [-0.1, -0.05) is 0 Å². The number of fused-ring (bicyclic) bond motifs is 3. The summed E-state index contributed by atoms with van der Waals surface area (Å²) in [5.41, 5.74) is 26.7. The fourth-order valence-electron chi connectivity index (χ4n) is 9.04. The van der Waals surface area contributed by atoms with Crippen LogP contribution in [0.15, 0.2) is 82.9 Å². The summed E-state index contributed by atoms with van der Waals surface area (Å²) in [6.45, 7) is -11.8. The van der Waals surface area contributed by atoms with Crippen LogP contribution in [0.1, 0.15) is 0 Å². The number of imidazole rings is 3. The topological polar surface area (TPSA) is 771 Å². The number of anilines is 6. The number of nitrogens with one attached hydrogen (secondary N) is 3. The van der Waals surface area contributed by atoms with Gasteiger partial charge in [-0.3, -0.25) is 88.3 Å². The van der Waals surface area contributed by atoms with Crippen molar-refractivity contribution in [2.75, 3.05) is 74.0 Å². The fourth-order valence-corrected chi connectivity index (χ4v) is 14.0. The maximum Gasteiger partial charge on any atom is 0.472 e. The van der Waals surface area contributed by atoms with Gasteiger partial charge in [-0.25, -0.2) is 52.2 Å². The minimum Gasteiger partial charge on any atom is -0.394 e. The molecule has 0 aliphatic carbocycles. The molecule has 9 heterocycles. The Hall–Kier alpha value is -8.56. The first-order valence-electron chi connectivity index (χ1n) is 28.7. The van der Waals surface area contributed by atoms with E-state index in [0.29, 0.717) is 4.57 Å². The molecule has 9 aromatic rings. The highest BCUT2D eigenvalue weighted by molar-refractivity contribution is 9.10. The van der Waals surface area contributed by atoms with Crippen molar-refractivity contribution in [2.45, 2.75) is 75.9 Å². The summed E-state index contributed by atoms with van der Waals surface area (Å²) in [7, 11) is -28.2. The van der Waals surface area contributed by atoms with E-state index in [1.54, 1.807) is 0 Å². The molecule has 11 atom stereocenters. The van der Waals surface area contributed by atoms with Crippen LogP contribution < -0.4 is 68.1 Å². The Morgan fingerprint density at radius 2 is 0.728 bits per heavy atom. The number of halogens is 1. The number of aliphatic hydroxyl groups is 2. The Balaban J connectivity index is 0.932. The molecule has 0 aliphatic heterocycles. The lowest BCUT2D eigenvalue weighted by atomic mass is 10.4. The Morgan fingerprint density at radius 1 is 0.427 bits per heavy atom. The highest BCUT2D eigenvalue weighted by atomic mass is 79.9. The molecule has 560 valence electrons. The second kappa shape index (κ2) is 32.6. The van der Waals surface area contributed by atoms with Gasteiger partial charge < -0.3 is 82.8 Å². The van der Waals surface area contributed by atoms with E-state index in [-0.39, 0.29) is 61.4 Å². The molecule has 0 amide bonds. The van der Waals surface area contributed by atoms with Crippen molar-refractivity contribution in [3.63, 3.8) is 0 Å². The number of hydrogen-bond acceptors (Lipinski definition) is 38. The number of phosphoric ester groups is 5. The first kappa shape index (κ1) is 78.6. The maximum atomic E-state index is 14.2. The van der Waals surface area contributed by atoms with E-state index in [0.717, 1.165) is 66.5 Å². The van der Waals surface area contributed by atoms with Gasteiger partial charge in [0.25, 0.3) is 16.7 Å². The van der Waals surface area contributed by atoms with E-state index in [2.05, 4.69) is 75.7 Å². The second-order valence-electron chi connectivity index (χ2n) is 21.3. The lowest BCUT2D eigenvalue weighted by Crippen LogP contribution is -2.33. The zero-order valence-corrected chi connectivity index (χ0v) is 58.1. The standard InChI is InChI=1S/C45H60BrN24O28P5/c46-27-11-67(45(78)58-33(27)49)8-24(15-90-100(81,82)94-22(12-71)6-68-18-53-30-34(68)59-40(50)62-37(30)73)96-102(85,86)93-17-26(10-70-20-55-32-36(70)61-42(52)64-39(32)75)98-103(87,88)91-14-23(7-66-4-2-29(48)57-44(66)77)95-101(83,84)92-16-25(9-69-19-54-31-35(69)60-41(51)63-38(31)74)97-99(79,80)89-13-21(72)5-65-3-1-28(47)56-43(65)76/h1-4,11,18-26,71-72H,5-10,12-17H2,(H,79,80)(H,81,82)(H,83,84)(H,85,86)(H,87,88)(H2,47,56,76)(H2,48,57,77)(H2,49,58,78)(H3,50,59,62,73)(H3,51,60,63,74)(H3,52,61,64,75)/t21-,22-,23-,24-,25-,26-/m0/s1. The molecule has 0 bridgehead atoms. The normalized spacial score (nSPS) is 16.9. The third kappa shape index (κ3) is 21.8. The molecule has 0 aromatic carbocycles. The summed E-state index contributed by atoms with van der Waals surface area (Å²) >= 11 is 3.07. The third-order valence-corrected chi connectivity index (χ3v) is 19.2. The van der Waals surface area contributed by atoms with Crippen LogP contribution in [0.25, 0.3) is 33.5 Å². The molecule has 0 fully saturated rings. The highest BCUT2D eigenvalue weighted by Crippen LogP contribution is 2.52. The number of aromatic amines is 3. The summed E-state index contributed by atoms with van der Waals surface area (Å²) in [6, 6.07) is 2.29. The SMILES string of the molecule is Nc1ccn(C[C@H](O)COP(=O)(O)O[C@H](COP(=O)(O)O[C@H](COP(=O)(O)O[C@H](COP(=O)(O)O[C@H](COP(=O)(O)O[C@H](CO)Cn2cnc3c(=O)[nH]c(N)nc32)Cn2cc(Br)c(N)nc2=O)Cn2cnc3c(=O)[nH]c(N)nc32)Cn2ccc(N)nc2=O)Cn2cnc3c(=O)[nH]c(N)nc32)c(=O)n1. The van der Waals surface area contributed by atoms with Crippen LogP contribution in [-0.2, 0) is 107 Å². The van der Waals surface area contributed by atoms with Crippen molar-refractivity contribution in [1.82, 2.24) is 87.2 Å². The van der Waals surface area contributed by atoms with Crippen LogP contribution in [0.4, 0.5) is 35.3 Å². The molecular weight excluding hydrogens is 1560 g/mol. The van der Waals surface area contributed by atoms with E-state index in [4.69, 9.17) is 79.6 Å². The smallest absolute Gasteiger partial charge is 0.394 e. The molecule has 52 nitrogen and oxygen atoms in total. The molecule has 103 heavy (non-hydrogen) atoms. The molecule has 58 heteroatoms. The van der Waals surface area contributed by atoms with Gasteiger partial charge in [0.15, 0.2) is 33.5 Å². The maximum absolute atomic E-state index is 14.2. The third-order valence-electron chi connectivity index (χ3n) is 13.4. The van der Waals surface area contributed by atoms with Gasteiger partial charge in [0.1, 0.15) is 48.0 Å². The van der Waals surface area contributed by atoms with Gasteiger partial charge in [-0.2, -0.15) is 29.9 Å². The average molecular weight is 1620 g/mol. The molecule has 9 aromatic heterocycles. The number of nitrogens with two attached hydrogens (primary N) is 6. The fraction of sp³-hybridized carbons (Fsp3) is 0.400. The van der Waals surface area contributed by atoms with Crippen LogP contribution >= 0.6 is 55.0 Å². The van der Waals surface area contributed by atoms with Gasteiger partial charge in [0.2, 0.25) is 17.8 Å². The van der Waals surface area contributed by atoms with Crippen LogP contribution in [0.3, 0.4) is 0 Å². The number of H-pyrrole nitrogens is 3. The minimum absolute atomic E-state index is 0.0140. The molecule has 0 saturated carbocycles. The first-order valence-corrected chi connectivity index (χ1v) is 36.9. The van der Waals surface area contributed by atoms with E-state index in [1.165, 1.54) is 6.07 Å². The number of nitrogen functional groups attached to an aromatic ring is 6. The summed E-state index contributed by atoms with van der Waals surface area (Å²) in [5, 5.41) is 20.7. The summed E-state index contributed by atoms with van der Waals surface area (Å²) in [6.07, 6.45) is -5.44. The predicted octanol–water partition coefficient (Wildman–Crippen LogP) is -4.72. The summed E-state index contributed by atoms with van der Waals surface area (Å²) in [5.74, 6) is -2.04. The summed E-state index contributed by atoms with van der Waals surface area (Å²) < 4.78 is 127. The quantitative estimate of drug-likeness (QED) is 0.0162. The van der Waals surface area contributed by atoms with Crippen LogP contribution in [0.5, 0.6) is 0 Å². The lowest BCUT2D eigenvalue weighted by molar-refractivity contribution is 0.00370. The number of phosphoric acid groups is 5. The van der Waals surface area contributed by atoms with Gasteiger partial charge in [-0.05, 0) is 28.1 Å². The Morgan fingerprint density at radius 3 is 1.08 bits per heavy atom. The van der Waals surface area contributed by atoms with E-state index in [1.807, 2.05) is 0 Å². The molecule has 0 radical (unpaired) electrons. The first-order chi connectivity index (χ1) is 48.3. The largest absolute Gasteiger partial charge is 0.472 e. The number of rotatable bonds is 38. The van der Waals surface area contributed by atoms with E-state index < -0.39 is 200 Å². The highest BCUT2D eigenvalue weighted by Gasteiger charge is 2.39. The molecule has 9 rings (SSSR count). The van der Waals surface area contributed by atoms with Gasteiger partial charge >= 0.3 is 56.2 Å². The predicted molar refractivity (Wildman–Crippen MR) is 350 cm³/mol. The minimum atomic E-state index is -5.83. The number of aliphatic hydroxyl groups excluding tert-OH is 2. The lowest BCUT2D eigenvalue weighted by Gasteiger charge is -2.26. The van der Waals surface area contributed by atoms with Gasteiger partial charge in [0.05, 0.1) is 108 Å². The molecular formula is C45H60BrN24O28P5. The Labute approximate surface area is 578 Å². The van der Waals surface area contributed by atoms with Crippen molar-refractivity contribution < 1.29 is 103 Å². The van der Waals surface area contributed by atoms with Gasteiger partial charge in [0, 0.05) is 18.6 Å². The van der Waals surface area contributed by atoms with Crippen molar-refractivity contribution >= 4 is 124 Å². The Kier molecular flexibility index (Phi) is 24.9. The molecule has 5 unspecified atom stereocenters. The average Bonchev–Trinajstić information content (AvgIpc) is 1.68. The molecule has 22 N–H and O–H groups in total.